The van der Waals surface area contributed by atoms with Gasteiger partial charge in [-0.15, -0.1) is 11.8 Å². The molecule has 0 bridgehead atoms. The van der Waals surface area contributed by atoms with Crippen LogP contribution in [0.3, 0.4) is 0 Å². The lowest BCUT2D eigenvalue weighted by Gasteiger charge is -2.09. The number of thioether (sulfide) groups is 1. The van der Waals surface area contributed by atoms with Gasteiger partial charge in [-0.3, -0.25) is 10.1 Å². The number of nitrogens with two attached hydrogens (primary N) is 1. The first kappa shape index (κ1) is 15.1. The lowest BCUT2D eigenvalue weighted by Crippen LogP contribution is -2.18. The summed E-state index contributed by atoms with van der Waals surface area (Å²) in [4.78, 5) is 13.8. The average Bonchev–Trinajstić information content (AvgIpc) is 2.43. The lowest BCUT2D eigenvalue weighted by molar-refractivity contribution is -0.385. The summed E-state index contributed by atoms with van der Waals surface area (Å²) < 4.78 is 0. The summed E-state index contributed by atoms with van der Waals surface area (Å²) in [7, 11) is 0. The third kappa shape index (κ3) is 4.05. The van der Waals surface area contributed by atoms with Gasteiger partial charge in [0.1, 0.15) is 11.2 Å². The molecule has 1 unspecified atom stereocenters. The molecule has 1 aromatic rings. The number of nitro groups is 1. The molecule has 1 atom stereocenters. The summed E-state index contributed by atoms with van der Waals surface area (Å²) in [6, 6.07) is 1.12. The first-order valence-electron chi connectivity index (χ1n) is 5.03. The Bertz CT molecular complexity index is 495. The number of rotatable bonds is 6. The fraction of sp³-hybridized carbons (Fsp3) is 0.333. The van der Waals surface area contributed by atoms with Crippen molar-refractivity contribution in [1.29, 1.82) is 0 Å². The van der Waals surface area contributed by atoms with E-state index in [-0.39, 0.29) is 27.9 Å². The number of pyridine rings is 1. The van der Waals surface area contributed by atoms with Gasteiger partial charge in [-0.05, 0) is 0 Å². The van der Waals surface area contributed by atoms with E-state index in [2.05, 4.69) is 10.1 Å². The van der Waals surface area contributed by atoms with Crippen LogP contribution < -0.4 is 5.73 Å². The average molecular weight is 288 g/mol. The van der Waals surface area contributed by atoms with Crippen molar-refractivity contribution in [1.82, 2.24) is 4.98 Å². The SMILES string of the molecule is NC(=NO)c1cc([N+](=O)[O-])cnc1SCC(O)CO. The monoisotopic (exact) mass is 288 g/mol. The Morgan fingerprint density at radius 1 is 1.68 bits per heavy atom. The van der Waals surface area contributed by atoms with Gasteiger partial charge in [-0.1, -0.05) is 5.16 Å². The molecule has 10 heteroatoms. The zero-order valence-electron chi connectivity index (χ0n) is 9.63. The Morgan fingerprint density at radius 2 is 2.37 bits per heavy atom. The normalized spacial score (nSPS) is 13.3. The van der Waals surface area contributed by atoms with E-state index >= 15 is 0 Å². The number of aliphatic hydroxyl groups is 2. The third-order valence-corrected chi connectivity index (χ3v) is 3.20. The minimum Gasteiger partial charge on any atom is -0.409 e. The largest absolute Gasteiger partial charge is 0.409 e. The van der Waals surface area contributed by atoms with Crippen LogP contribution >= 0.6 is 11.8 Å². The molecule has 0 aliphatic rings. The molecular formula is C9H12N4O5S. The second-order valence-electron chi connectivity index (χ2n) is 3.44. The highest BCUT2D eigenvalue weighted by Crippen LogP contribution is 2.24. The van der Waals surface area contributed by atoms with Gasteiger partial charge in [-0.2, -0.15) is 0 Å². The van der Waals surface area contributed by atoms with E-state index in [0.29, 0.717) is 0 Å². The van der Waals surface area contributed by atoms with Gasteiger partial charge in [0.05, 0.1) is 23.2 Å². The highest BCUT2D eigenvalue weighted by atomic mass is 32.2. The Balaban J connectivity index is 3.06. The number of hydrogen-bond donors (Lipinski definition) is 4. The van der Waals surface area contributed by atoms with Gasteiger partial charge in [0, 0.05) is 11.8 Å². The molecule has 1 aromatic heterocycles. The topological polar surface area (TPSA) is 155 Å². The molecular weight excluding hydrogens is 276 g/mol. The van der Waals surface area contributed by atoms with E-state index in [1.165, 1.54) is 0 Å². The number of aromatic nitrogens is 1. The smallest absolute Gasteiger partial charge is 0.288 e. The van der Waals surface area contributed by atoms with E-state index < -0.39 is 17.6 Å². The van der Waals surface area contributed by atoms with Crippen molar-refractivity contribution >= 4 is 23.3 Å². The quantitative estimate of drug-likeness (QED) is 0.137. The number of oxime groups is 1. The van der Waals surface area contributed by atoms with Crippen molar-refractivity contribution < 1.29 is 20.3 Å². The number of hydrogen-bond acceptors (Lipinski definition) is 8. The van der Waals surface area contributed by atoms with E-state index in [9.17, 15) is 15.2 Å². The molecule has 0 saturated carbocycles. The predicted molar refractivity (Wildman–Crippen MR) is 67.2 cm³/mol. The van der Waals surface area contributed by atoms with Crippen LogP contribution in [0.15, 0.2) is 22.4 Å². The molecule has 0 spiro atoms. The van der Waals surface area contributed by atoms with Crippen molar-refractivity contribution in [2.75, 3.05) is 12.4 Å². The van der Waals surface area contributed by atoms with Crippen molar-refractivity contribution in [2.24, 2.45) is 10.9 Å². The van der Waals surface area contributed by atoms with Crippen LogP contribution in [0.25, 0.3) is 0 Å². The first-order chi connectivity index (χ1) is 8.99. The summed E-state index contributed by atoms with van der Waals surface area (Å²) >= 11 is 1.03. The van der Waals surface area contributed by atoms with Crippen LogP contribution in [0.5, 0.6) is 0 Å². The summed E-state index contributed by atoms with van der Waals surface area (Å²) in [5, 5.41) is 40.2. The lowest BCUT2D eigenvalue weighted by atomic mass is 10.2. The van der Waals surface area contributed by atoms with Gasteiger partial charge in [0.25, 0.3) is 5.69 Å². The van der Waals surface area contributed by atoms with E-state index in [4.69, 9.17) is 16.0 Å². The van der Waals surface area contributed by atoms with Crippen LogP contribution in [0, 0.1) is 10.1 Å². The molecule has 9 nitrogen and oxygen atoms in total. The van der Waals surface area contributed by atoms with Crippen molar-refractivity contribution in [3.63, 3.8) is 0 Å². The molecule has 0 radical (unpaired) electrons. The molecule has 19 heavy (non-hydrogen) atoms. The molecule has 1 heterocycles. The maximum absolute atomic E-state index is 10.6. The molecule has 0 fully saturated rings. The Kier molecular flexibility index (Phi) is 5.48. The fourth-order valence-electron chi connectivity index (χ4n) is 1.12. The zero-order chi connectivity index (χ0) is 14.4. The van der Waals surface area contributed by atoms with Crippen LogP contribution in [0.1, 0.15) is 5.56 Å². The standard InChI is InChI=1S/C9H12N4O5S/c10-8(12-16)7-1-5(13(17)18)2-11-9(7)19-4-6(15)3-14/h1-2,6,14-16H,3-4H2,(H2,10,12). The second kappa shape index (κ2) is 6.87. The minimum absolute atomic E-state index is 0.0897. The summed E-state index contributed by atoms with van der Waals surface area (Å²) in [5.74, 6) is -0.204. The van der Waals surface area contributed by atoms with E-state index in [0.717, 1.165) is 24.0 Å². The number of aliphatic hydroxyl groups excluding tert-OH is 2. The van der Waals surface area contributed by atoms with Crippen LogP contribution in [0.2, 0.25) is 0 Å². The minimum atomic E-state index is -0.956. The first-order valence-corrected chi connectivity index (χ1v) is 6.02. The maximum Gasteiger partial charge on any atom is 0.288 e. The fourth-order valence-corrected chi connectivity index (χ4v) is 2.02. The molecule has 5 N–H and O–H groups in total. The van der Waals surface area contributed by atoms with Gasteiger partial charge >= 0.3 is 0 Å². The summed E-state index contributed by atoms with van der Waals surface area (Å²) in [6.45, 7) is -0.418. The van der Waals surface area contributed by atoms with Gasteiger partial charge in [0.15, 0.2) is 5.84 Å². The molecule has 104 valence electrons. The van der Waals surface area contributed by atoms with E-state index in [1.807, 2.05) is 0 Å². The van der Waals surface area contributed by atoms with Gasteiger partial charge in [0.2, 0.25) is 0 Å². The highest BCUT2D eigenvalue weighted by molar-refractivity contribution is 7.99. The van der Waals surface area contributed by atoms with Crippen molar-refractivity contribution in [3.8, 4) is 0 Å². The molecule has 1 rings (SSSR count). The molecule has 0 amide bonds. The Morgan fingerprint density at radius 3 is 2.89 bits per heavy atom. The van der Waals surface area contributed by atoms with Gasteiger partial charge < -0.3 is 21.2 Å². The van der Waals surface area contributed by atoms with Crippen molar-refractivity contribution in [3.05, 3.63) is 27.9 Å². The number of nitrogens with zero attached hydrogens (tertiary/aromatic N) is 3. The van der Waals surface area contributed by atoms with Crippen LogP contribution in [-0.2, 0) is 0 Å². The Hall–Kier alpha value is -1.91. The summed E-state index contributed by atoms with van der Waals surface area (Å²) in [6.07, 6.45) is 0.0732. The van der Waals surface area contributed by atoms with E-state index in [1.54, 1.807) is 0 Å². The summed E-state index contributed by atoms with van der Waals surface area (Å²) in [5.41, 5.74) is 5.21. The highest BCUT2D eigenvalue weighted by Gasteiger charge is 2.16. The Labute approximate surface area is 111 Å². The zero-order valence-corrected chi connectivity index (χ0v) is 10.4. The molecule has 0 aliphatic carbocycles. The van der Waals surface area contributed by atoms with Crippen LogP contribution in [-0.4, -0.2) is 49.6 Å². The van der Waals surface area contributed by atoms with Crippen molar-refractivity contribution in [2.45, 2.75) is 11.1 Å². The maximum atomic E-state index is 10.6. The molecule has 0 saturated heterocycles. The van der Waals surface area contributed by atoms with Crippen LogP contribution in [0.4, 0.5) is 5.69 Å². The molecule has 0 aromatic carbocycles. The third-order valence-electron chi connectivity index (χ3n) is 2.05. The number of amidine groups is 1. The van der Waals surface area contributed by atoms with Gasteiger partial charge in [-0.25, -0.2) is 4.98 Å². The molecule has 0 aliphatic heterocycles. The predicted octanol–water partition coefficient (Wildman–Crippen LogP) is -0.470. The second-order valence-corrected chi connectivity index (χ2v) is 4.44.